The van der Waals surface area contributed by atoms with Gasteiger partial charge in [-0.15, -0.1) is 0 Å². The Balaban J connectivity index is 1.49. The van der Waals surface area contributed by atoms with Gasteiger partial charge in [0.15, 0.2) is 0 Å². The molecule has 2 heterocycles. The third kappa shape index (κ3) is 5.09. The van der Waals surface area contributed by atoms with Crippen molar-refractivity contribution in [1.82, 2.24) is 14.1 Å². The van der Waals surface area contributed by atoms with Gasteiger partial charge in [0.05, 0.1) is 6.26 Å². The van der Waals surface area contributed by atoms with Crippen molar-refractivity contribution in [2.45, 2.75) is 33.2 Å². The maximum atomic E-state index is 12.8. The summed E-state index contributed by atoms with van der Waals surface area (Å²) in [5.74, 6) is 0.170. The Morgan fingerprint density at radius 2 is 1.67 bits per heavy atom. The van der Waals surface area contributed by atoms with Gasteiger partial charge in [0, 0.05) is 51.7 Å². The number of rotatable bonds is 4. The highest BCUT2D eigenvalue weighted by Gasteiger charge is 2.32. The molecule has 0 atom stereocenters. The predicted molar refractivity (Wildman–Crippen MR) is 107 cm³/mol. The van der Waals surface area contributed by atoms with Crippen LogP contribution >= 0.6 is 0 Å². The van der Waals surface area contributed by atoms with Gasteiger partial charge in [0.1, 0.15) is 0 Å². The first-order chi connectivity index (χ1) is 12.7. The van der Waals surface area contributed by atoms with E-state index >= 15 is 0 Å². The number of piperidine rings is 1. The lowest BCUT2D eigenvalue weighted by Crippen LogP contribution is -2.51. The zero-order valence-corrected chi connectivity index (χ0v) is 17.5. The molecule has 2 aliphatic rings. The van der Waals surface area contributed by atoms with Gasteiger partial charge in [-0.1, -0.05) is 23.8 Å². The van der Waals surface area contributed by atoms with Crippen LogP contribution in [-0.2, 0) is 21.4 Å². The molecule has 0 N–H and O–H groups in total. The molecule has 150 valence electrons. The minimum Gasteiger partial charge on any atom is -0.340 e. The van der Waals surface area contributed by atoms with Crippen LogP contribution in [0.5, 0.6) is 0 Å². The fourth-order valence-corrected chi connectivity index (χ4v) is 4.90. The summed E-state index contributed by atoms with van der Waals surface area (Å²) in [7, 11) is -3.14. The fourth-order valence-electron chi connectivity index (χ4n) is 4.03. The molecule has 0 bridgehead atoms. The highest BCUT2D eigenvalue weighted by atomic mass is 32.2. The summed E-state index contributed by atoms with van der Waals surface area (Å²) in [4.78, 5) is 17.2. The second-order valence-electron chi connectivity index (χ2n) is 7.97. The highest BCUT2D eigenvalue weighted by Crippen LogP contribution is 2.22. The summed E-state index contributed by atoms with van der Waals surface area (Å²) in [6.07, 6.45) is 2.51. The molecule has 7 heteroatoms. The van der Waals surface area contributed by atoms with Gasteiger partial charge in [0.2, 0.25) is 15.9 Å². The summed E-state index contributed by atoms with van der Waals surface area (Å²) in [5, 5.41) is 0. The van der Waals surface area contributed by atoms with E-state index in [-0.39, 0.29) is 11.8 Å². The molecule has 1 aromatic rings. The molecule has 0 spiro atoms. The SMILES string of the molecule is Cc1ccc(C)c(CN2CCN(C(=O)C3CCN(S(C)(=O)=O)CC3)CC2)c1. The van der Waals surface area contributed by atoms with E-state index in [1.807, 2.05) is 4.90 Å². The fraction of sp³-hybridized carbons (Fsp3) is 0.650. The van der Waals surface area contributed by atoms with Crippen molar-refractivity contribution in [3.63, 3.8) is 0 Å². The Labute approximate surface area is 163 Å². The number of hydrogen-bond acceptors (Lipinski definition) is 4. The van der Waals surface area contributed by atoms with Crippen molar-refractivity contribution in [1.29, 1.82) is 0 Å². The molecule has 6 nitrogen and oxygen atoms in total. The lowest BCUT2D eigenvalue weighted by molar-refractivity contribution is -0.138. The van der Waals surface area contributed by atoms with Gasteiger partial charge in [-0.3, -0.25) is 9.69 Å². The number of nitrogens with zero attached hydrogens (tertiary/aromatic N) is 3. The van der Waals surface area contributed by atoms with Gasteiger partial charge in [-0.2, -0.15) is 0 Å². The summed E-state index contributed by atoms with van der Waals surface area (Å²) >= 11 is 0. The molecule has 0 aliphatic carbocycles. The van der Waals surface area contributed by atoms with Crippen LogP contribution in [0.1, 0.15) is 29.5 Å². The van der Waals surface area contributed by atoms with E-state index in [1.54, 1.807) is 0 Å². The standard InChI is InChI=1S/C20H31N3O3S/c1-16-4-5-17(2)19(14-16)15-21-10-12-22(13-11-21)20(24)18-6-8-23(9-7-18)27(3,25)26/h4-5,14,18H,6-13,15H2,1-3H3. The Bertz CT molecular complexity index is 778. The monoisotopic (exact) mass is 393 g/mol. The van der Waals surface area contributed by atoms with Crippen molar-refractivity contribution in [2.75, 3.05) is 45.5 Å². The number of piperazine rings is 1. The van der Waals surface area contributed by atoms with E-state index in [4.69, 9.17) is 0 Å². The van der Waals surface area contributed by atoms with Crippen molar-refractivity contribution in [3.8, 4) is 0 Å². The molecule has 2 saturated heterocycles. The average molecular weight is 394 g/mol. The molecular formula is C20H31N3O3S. The van der Waals surface area contributed by atoms with Crippen molar-refractivity contribution in [2.24, 2.45) is 5.92 Å². The second-order valence-corrected chi connectivity index (χ2v) is 9.95. The van der Waals surface area contributed by atoms with Crippen LogP contribution in [-0.4, -0.2) is 74.0 Å². The summed E-state index contributed by atoms with van der Waals surface area (Å²) in [6.45, 7) is 9.42. The van der Waals surface area contributed by atoms with Crippen LogP contribution in [0.15, 0.2) is 18.2 Å². The molecule has 1 aromatic carbocycles. The number of amides is 1. The number of sulfonamides is 1. The highest BCUT2D eigenvalue weighted by molar-refractivity contribution is 7.88. The molecule has 0 aromatic heterocycles. The van der Waals surface area contributed by atoms with Crippen molar-refractivity contribution in [3.05, 3.63) is 34.9 Å². The van der Waals surface area contributed by atoms with Crippen molar-refractivity contribution < 1.29 is 13.2 Å². The lowest BCUT2D eigenvalue weighted by Gasteiger charge is -2.38. The Kier molecular flexibility index (Phi) is 6.23. The smallest absolute Gasteiger partial charge is 0.225 e. The van der Waals surface area contributed by atoms with E-state index in [9.17, 15) is 13.2 Å². The molecule has 2 fully saturated rings. The molecule has 2 aliphatic heterocycles. The molecular weight excluding hydrogens is 362 g/mol. The van der Waals surface area contributed by atoms with Gasteiger partial charge in [0.25, 0.3) is 0 Å². The van der Waals surface area contributed by atoms with Gasteiger partial charge >= 0.3 is 0 Å². The molecule has 27 heavy (non-hydrogen) atoms. The number of benzene rings is 1. The minimum absolute atomic E-state index is 0.0337. The van der Waals surface area contributed by atoms with Crippen LogP contribution in [0.25, 0.3) is 0 Å². The summed E-state index contributed by atoms with van der Waals surface area (Å²) in [6, 6.07) is 6.57. The first-order valence-corrected chi connectivity index (χ1v) is 11.6. The number of carbonyl (C=O) groups excluding carboxylic acids is 1. The van der Waals surface area contributed by atoms with E-state index in [1.165, 1.54) is 27.3 Å². The zero-order valence-electron chi connectivity index (χ0n) is 16.6. The maximum Gasteiger partial charge on any atom is 0.225 e. The largest absolute Gasteiger partial charge is 0.340 e. The van der Waals surface area contributed by atoms with Crippen LogP contribution in [0.4, 0.5) is 0 Å². The predicted octanol–water partition coefficient (Wildman–Crippen LogP) is 1.62. The molecule has 0 unspecified atom stereocenters. The van der Waals surface area contributed by atoms with Crippen LogP contribution in [0.3, 0.4) is 0 Å². The van der Waals surface area contributed by atoms with Crippen LogP contribution in [0.2, 0.25) is 0 Å². The minimum atomic E-state index is -3.14. The quantitative estimate of drug-likeness (QED) is 0.780. The van der Waals surface area contributed by atoms with Gasteiger partial charge in [-0.05, 0) is 37.8 Å². The van der Waals surface area contributed by atoms with E-state index in [2.05, 4.69) is 36.9 Å². The third-order valence-corrected chi connectivity index (χ3v) is 7.16. The molecule has 0 radical (unpaired) electrons. The molecule has 3 rings (SSSR count). The topological polar surface area (TPSA) is 60.9 Å². The average Bonchev–Trinajstić information content (AvgIpc) is 2.64. The Hall–Kier alpha value is -1.44. The Morgan fingerprint density at radius 3 is 2.26 bits per heavy atom. The number of hydrogen-bond donors (Lipinski definition) is 0. The lowest BCUT2D eigenvalue weighted by atomic mass is 9.96. The van der Waals surface area contributed by atoms with Crippen LogP contribution in [0, 0.1) is 19.8 Å². The zero-order chi connectivity index (χ0) is 19.6. The molecule has 1 amide bonds. The first kappa shape index (κ1) is 20.3. The number of aryl methyl sites for hydroxylation is 2. The second kappa shape index (κ2) is 8.29. The Morgan fingerprint density at radius 1 is 1.04 bits per heavy atom. The summed E-state index contributed by atoms with van der Waals surface area (Å²) in [5.41, 5.74) is 3.96. The first-order valence-electron chi connectivity index (χ1n) is 9.76. The van der Waals surface area contributed by atoms with Crippen LogP contribution < -0.4 is 0 Å². The van der Waals surface area contributed by atoms with E-state index in [0.29, 0.717) is 25.9 Å². The van der Waals surface area contributed by atoms with E-state index < -0.39 is 10.0 Å². The third-order valence-electron chi connectivity index (χ3n) is 5.85. The van der Waals surface area contributed by atoms with E-state index in [0.717, 1.165) is 32.7 Å². The number of carbonyl (C=O) groups is 1. The van der Waals surface area contributed by atoms with Gasteiger partial charge in [-0.25, -0.2) is 12.7 Å². The van der Waals surface area contributed by atoms with Crippen molar-refractivity contribution >= 4 is 15.9 Å². The normalized spacial score (nSPS) is 20.8. The van der Waals surface area contributed by atoms with Gasteiger partial charge < -0.3 is 4.90 Å². The maximum absolute atomic E-state index is 12.8. The summed E-state index contributed by atoms with van der Waals surface area (Å²) < 4.78 is 24.7. The molecule has 0 saturated carbocycles.